The molecule has 0 spiro atoms. The van der Waals surface area contributed by atoms with Gasteiger partial charge in [-0.2, -0.15) is 0 Å². The molecule has 0 bridgehead atoms. The fourth-order valence-electron chi connectivity index (χ4n) is 3.45. The highest BCUT2D eigenvalue weighted by atomic mass is 35.7. The van der Waals surface area contributed by atoms with Gasteiger partial charge in [0, 0.05) is 21.8 Å². The predicted octanol–water partition coefficient (Wildman–Crippen LogP) is 6.74. The number of ketones is 1. The van der Waals surface area contributed by atoms with E-state index in [4.69, 9.17) is 15.4 Å². The number of benzene rings is 3. The summed E-state index contributed by atoms with van der Waals surface area (Å²) in [5.41, 5.74) is 4.20. The molecule has 3 rings (SSSR count). The summed E-state index contributed by atoms with van der Waals surface area (Å²) in [4.78, 5) is 12.8. The van der Waals surface area contributed by atoms with Crippen molar-refractivity contribution >= 4 is 25.5 Å². The maximum atomic E-state index is 12.8. The number of rotatable bonds is 9. The van der Waals surface area contributed by atoms with Gasteiger partial charge in [0.25, 0.3) is 9.05 Å². The first kappa shape index (κ1) is 25.0. The zero-order valence-electron chi connectivity index (χ0n) is 19.3. The Morgan fingerprint density at radius 2 is 1.42 bits per heavy atom. The van der Waals surface area contributed by atoms with Crippen molar-refractivity contribution in [2.75, 3.05) is 0 Å². The molecule has 3 aromatic carbocycles. The lowest BCUT2D eigenvalue weighted by molar-refractivity contribution is 0.103. The minimum atomic E-state index is -3.96. The fraction of sp³-hybridized carbons (Fsp3) is 0.296. The molecule has 6 heteroatoms. The van der Waals surface area contributed by atoms with Crippen LogP contribution in [0.1, 0.15) is 72.6 Å². The van der Waals surface area contributed by atoms with Crippen molar-refractivity contribution in [2.24, 2.45) is 0 Å². The van der Waals surface area contributed by atoms with Crippen LogP contribution in [0, 0.1) is 0 Å². The summed E-state index contributed by atoms with van der Waals surface area (Å²) in [5, 5.41) is 0. The molecule has 0 radical (unpaired) electrons. The van der Waals surface area contributed by atoms with E-state index in [1.807, 2.05) is 56.3 Å². The van der Waals surface area contributed by atoms with Crippen LogP contribution in [0.2, 0.25) is 0 Å². The van der Waals surface area contributed by atoms with Gasteiger partial charge < -0.3 is 4.74 Å². The quantitative estimate of drug-likeness (QED) is 0.249. The van der Waals surface area contributed by atoms with Crippen LogP contribution < -0.4 is 4.74 Å². The van der Waals surface area contributed by atoms with E-state index in [9.17, 15) is 13.2 Å². The molecule has 3 aromatic rings. The lowest BCUT2D eigenvalue weighted by Gasteiger charge is -2.16. The smallest absolute Gasteiger partial charge is 0.264 e. The second-order valence-corrected chi connectivity index (χ2v) is 11.1. The Kier molecular flexibility index (Phi) is 7.98. The van der Waals surface area contributed by atoms with Crippen LogP contribution in [-0.4, -0.2) is 20.3 Å². The third-order valence-corrected chi connectivity index (χ3v) is 6.98. The van der Waals surface area contributed by atoms with E-state index in [0.29, 0.717) is 23.5 Å². The van der Waals surface area contributed by atoms with Crippen LogP contribution in [0.15, 0.2) is 71.6 Å². The zero-order valence-corrected chi connectivity index (χ0v) is 20.9. The van der Waals surface area contributed by atoms with E-state index in [-0.39, 0.29) is 22.5 Å². The first-order valence-corrected chi connectivity index (χ1v) is 13.4. The first-order valence-electron chi connectivity index (χ1n) is 11.1. The molecular formula is C27H29ClO4S. The largest absolute Gasteiger partial charge is 0.489 e. The van der Waals surface area contributed by atoms with E-state index < -0.39 is 9.05 Å². The molecule has 0 aliphatic carbocycles. The van der Waals surface area contributed by atoms with Crippen LogP contribution in [0.5, 0.6) is 5.75 Å². The summed E-state index contributed by atoms with van der Waals surface area (Å²) in [6, 6.07) is 20.1. The number of halogens is 1. The van der Waals surface area contributed by atoms with Gasteiger partial charge in [-0.3, -0.25) is 4.79 Å². The molecule has 1 atom stereocenters. The van der Waals surface area contributed by atoms with E-state index in [1.165, 1.54) is 5.56 Å². The van der Waals surface area contributed by atoms with Gasteiger partial charge in [0.15, 0.2) is 5.78 Å². The molecule has 33 heavy (non-hydrogen) atoms. The summed E-state index contributed by atoms with van der Waals surface area (Å²) < 4.78 is 29.9. The normalized spacial score (nSPS) is 12.5. The third kappa shape index (κ3) is 6.46. The lowest BCUT2D eigenvalue weighted by atomic mass is 9.97. The van der Waals surface area contributed by atoms with Gasteiger partial charge in [-0.1, -0.05) is 75.4 Å². The van der Waals surface area contributed by atoms with Crippen molar-refractivity contribution in [3.05, 3.63) is 94.5 Å². The van der Waals surface area contributed by atoms with Crippen molar-refractivity contribution in [2.45, 2.75) is 57.5 Å². The van der Waals surface area contributed by atoms with Gasteiger partial charge in [-0.05, 0) is 54.5 Å². The summed E-state index contributed by atoms with van der Waals surface area (Å²) in [6.07, 6.45) is 1.12. The van der Waals surface area contributed by atoms with Crippen LogP contribution in [0.25, 0.3) is 0 Å². The maximum absolute atomic E-state index is 12.8. The van der Waals surface area contributed by atoms with Crippen molar-refractivity contribution in [1.82, 2.24) is 0 Å². The monoisotopic (exact) mass is 484 g/mol. The molecule has 0 saturated heterocycles. The Morgan fingerprint density at radius 3 is 1.94 bits per heavy atom. The molecule has 4 nitrogen and oxygen atoms in total. The van der Waals surface area contributed by atoms with Crippen LogP contribution in [0.3, 0.4) is 0 Å². The third-order valence-electron chi connectivity index (χ3n) is 5.64. The Hall–Kier alpha value is -2.63. The van der Waals surface area contributed by atoms with Crippen LogP contribution >= 0.6 is 10.7 Å². The van der Waals surface area contributed by atoms with E-state index in [2.05, 4.69) is 13.8 Å². The first-order chi connectivity index (χ1) is 15.6. The number of hydrogen-bond donors (Lipinski definition) is 0. The Balaban J connectivity index is 1.78. The summed E-state index contributed by atoms with van der Waals surface area (Å²) >= 11 is 0. The molecule has 0 aliphatic heterocycles. The SMILES string of the molecule is CCC(C)Oc1ccc(Cc2ccc(C(=O)c3ccc(C(C)C)cc3)cc2)cc1S(=O)(=O)Cl. The van der Waals surface area contributed by atoms with Gasteiger partial charge in [-0.15, -0.1) is 0 Å². The van der Waals surface area contributed by atoms with Crippen molar-refractivity contribution < 1.29 is 17.9 Å². The summed E-state index contributed by atoms with van der Waals surface area (Å²) in [6.45, 7) is 8.07. The van der Waals surface area contributed by atoms with E-state index in [0.717, 1.165) is 17.5 Å². The molecule has 0 amide bonds. The van der Waals surface area contributed by atoms with E-state index >= 15 is 0 Å². The molecule has 174 valence electrons. The Morgan fingerprint density at radius 1 is 0.879 bits per heavy atom. The van der Waals surface area contributed by atoms with Gasteiger partial charge >= 0.3 is 0 Å². The Bertz CT molecular complexity index is 1210. The van der Waals surface area contributed by atoms with Crippen molar-refractivity contribution in [1.29, 1.82) is 0 Å². The van der Waals surface area contributed by atoms with Crippen LogP contribution in [-0.2, 0) is 15.5 Å². The second kappa shape index (κ2) is 10.5. The molecule has 0 heterocycles. The molecule has 0 N–H and O–H groups in total. The summed E-state index contributed by atoms with van der Waals surface area (Å²) in [5.74, 6) is 0.643. The zero-order chi connectivity index (χ0) is 24.2. The standard InChI is InChI=1S/C27H29ClO4S/c1-5-19(4)32-25-15-8-21(17-26(25)33(28,30)31)16-20-6-9-23(10-7-20)27(29)24-13-11-22(12-14-24)18(2)3/h6-15,17-19H,5,16H2,1-4H3. The molecule has 1 unspecified atom stereocenters. The fourth-order valence-corrected chi connectivity index (χ4v) is 4.46. The van der Waals surface area contributed by atoms with Crippen molar-refractivity contribution in [3.8, 4) is 5.75 Å². The van der Waals surface area contributed by atoms with Gasteiger partial charge in [-0.25, -0.2) is 8.42 Å². The highest BCUT2D eigenvalue weighted by molar-refractivity contribution is 8.13. The van der Waals surface area contributed by atoms with Gasteiger partial charge in [0.05, 0.1) is 6.10 Å². The number of ether oxygens (including phenoxy) is 1. The minimum absolute atomic E-state index is 0.0288. The van der Waals surface area contributed by atoms with Gasteiger partial charge in [0.2, 0.25) is 0 Å². The maximum Gasteiger partial charge on any atom is 0.264 e. The molecule has 0 aliphatic rings. The Labute approximate surface area is 201 Å². The predicted molar refractivity (Wildman–Crippen MR) is 133 cm³/mol. The number of carbonyl (C=O) groups excluding carboxylic acids is 1. The summed E-state index contributed by atoms with van der Waals surface area (Å²) in [7, 11) is 1.70. The molecule has 0 aromatic heterocycles. The average Bonchev–Trinajstić information content (AvgIpc) is 2.79. The molecule has 0 fully saturated rings. The highest BCUT2D eigenvalue weighted by Gasteiger charge is 2.19. The topological polar surface area (TPSA) is 60.4 Å². The van der Waals surface area contributed by atoms with E-state index in [1.54, 1.807) is 24.3 Å². The average molecular weight is 485 g/mol. The second-order valence-electron chi connectivity index (χ2n) is 8.54. The molecule has 0 saturated carbocycles. The van der Waals surface area contributed by atoms with Gasteiger partial charge in [0.1, 0.15) is 10.6 Å². The van der Waals surface area contributed by atoms with Crippen molar-refractivity contribution in [3.63, 3.8) is 0 Å². The van der Waals surface area contributed by atoms with Crippen LogP contribution in [0.4, 0.5) is 0 Å². The number of carbonyl (C=O) groups is 1. The lowest BCUT2D eigenvalue weighted by Crippen LogP contribution is -2.12. The highest BCUT2D eigenvalue weighted by Crippen LogP contribution is 2.30. The minimum Gasteiger partial charge on any atom is -0.489 e. The number of hydrogen-bond acceptors (Lipinski definition) is 4. The molecular weight excluding hydrogens is 456 g/mol.